The largest absolute Gasteiger partial charge is 0.293 e. The number of rotatable bonds is 3. The van der Waals surface area contributed by atoms with Gasteiger partial charge in [-0.1, -0.05) is 44.2 Å². The van der Waals surface area contributed by atoms with Crippen molar-refractivity contribution < 1.29 is 9.90 Å². The van der Waals surface area contributed by atoms with E-state index >= 15 is 0 Å². The second-order valence-corrected chi connectivity index (χ2v) is 3.72. The fraction of sp³-hybridized carbons (Fsp3) is 0.364. The van der Waals surface area contributed by atoms with Gasteiger partial charge in [0.25, 0.3) is 0 Å². The molecule has 0 heterocycles. The molecule has 1 radical (unpaired) electrons. The van der Waals surface area contributed by atoms with E-state index in [0.29, 0.717) is 5.56 Å². The highest BCUT2D eigenvalue weighted by Crippen LogP contribution is 2.20. The molecule has 0 aromatic heterocycles. The molecule has 2 nitrogen and oxygen atoms in total. The van der Waals surface area contributed by atoms with E-state index in [1.165, 1.54) is 0 Å². The zero-order valence-corrected chi connectivity index (χ0v) is 7.91. The fourth-order valence-corrected chi connectivity index (χ4v) is 1.05. The molecule has 0 atom stereocenters. The highest BCUT2D eigenvalue weighted by Gasteiger charge is 2.28. The molecule has 69 valence electrons. The first-order chi connectivity index (χ1) is 6.08. The highest BCUT2D eigenvalue weighted by atomic mass is 16.3. The zero-order chi connectivity index (χ0) is 9.90. The highest BCUT2D eigenvalue weighted by molar-refractivity contribution is 6.00. The minimum absolute atomic E-state index is 0.0805. The Balaban J connectivity index is 2.93. The second kappa shape index (κ2) is 3.71. The predicted octanol–water partition coefficient (Wildman–Crippen LogP) is 2.33. The summed E-state index contributed by atoms with van der Waals surface area (Å²) in [5, 5.41) is 10.7. The van der Waals surface area contributed by atoms with E-state index in [-0.39, 0.29) is 12.4 Å². The van der Waals surface area contributed by atoms with E-state index in [1.54, 1.807) is 38.1 Å². The van der Waals surface area contributed by atoms with E-state index in [9.17, 15) is 9.90 Å². The molecule has 0 N–H and O–H groups in total. The summed E-state index contributed by atoms with van der Waals surface area (Å²) in [7, 11) is 0. The summed E-state index contributed by atoms with van der Waals surface area (Å²) in [5.74, 6) is -0.0805. The van der Waals surface area contributed by atoms with Crippen LogP contribution >= 0.6 is 0 Å². The van der Waals surface area contributed by atoms with Crippen LogP contribution in [0.5, 0.6) is 0 Å². The smallest absolute Gasteiger partial charge is 0.170 e. The minimum Gasteiger partial charge on any atom is -0.293 e. The monoisotopic (exact) mass is 177 g/mol. The van der Waals surface area contributed by atoms with Crippen molar-refractivity contribution in [3.05, 3.63) is 35.9 Å². The number of hydrogen-bond acceptors (Lipinski definition) is 1. The molecule has 1 rings (SSSR count). The maximum atomic E-state index is 11.7. The summed E-state index contributed by atoms with van der Waals surface area (Å²) in [4.78, 5) is 11.7. The van der Waals surface area contributed by atoms with E-state index in [2.05, 4.69) is 0 Å². The van der Waals surface area contributed by atoms with Crippen molar-refractivity contribution in [2.75, 3.05) is 6.61 Å². The molecule has 0 fully saturated rings. The third-order valence-electron chi connectivity index (χ3n) is 2.01. The molecular weight excluding hydrogens is 164 g/mol. The molecule has 1 aromatic rings. The molecule has 1 aromatic carbocycles. The first-order valence-electron chi connectivity index (χ1n) is 4.26. The van der Waals surface area contributed by atoms with E-state index < -0.39 is 5.41 Å². The van der Waals surface area contributed by atoms with Gasteiger partial charge in [0.1, 0.15) is 0 Å². The first-order valence-corrected chi connectivity index (χ1v) is 4.26. The summed E-state index contributed by atoms with van der Waals surface area (Å²) < 4.78 is 0. The lowest BCUT2D eigenvalue weighted by molar-refractivity contribution is 0.0594. The van der Waals surface area contributed by atoms with Crippen molar-refractivity contribution in [2.45, 2.75) is 13.8 Å². The van der Waals surface area contributed by atoms with Gasteiger partial charge in [-0.25, -0.2) is 5.11 Å². The van der Waals surface area contributed by atoms with Crippen molar-refractivity contribution in [3.63, 3.8) is 0 Å². The molecule has 0 aliphatic carbocycles. The van der Waals surface area contributed by atoms with Crippen LogP contribution in [0, 0.1) is 5.41 Å². The maximum absolute atomic E-state index is 11.7. The molecule has 2 heteroatoms. The Bertz CT molecular complexity index is 288. The van der Waals surface area contributed by atoms with Crippen molar-refractivity contribution >= 4 is 5.78 Å². The van der Waals surface area contributed by atoms with Crippen LogP contribution in [0.1, 0.15) is 24.2 Å². The Kier molecular flexibility index (Phi) is 2.83. The maximum Gasteiger partial charge on any atom is 0.170 e. The van der Waals surface area contributed by atoms with Crippen LogP contribution in [0.4, 0.5) is 0 Å². The van der Waals surface area contributed by atoms with Crippen molar-refractivity contribution in [3.8, 4) is 0 Å². The van der Waals surface area contributed by atoms with Gasteiger partial charge < -0.3 is 0 Å². The van der Waals surface area contributed by atoms with Gasteiger partial charge in [0.15, 0.2) is 5.78 Å². The number of ketones is 1. The summed E-state index contributed by atoms with van der Waals surface area (Å²) in [6.45, 7) is 2.98. The molecule has 0 unspecified atom stereocenters. The van der Waals surface area contributed by atoms with Crippen LogP contribution in [-0.4, -0.2) is 12.4 Å². The van der Waals surface area contributed by atoms with Crippen LogP contribution in [0.25, 0.3) is 0 Å². The van der Waals surface area contributed by atoms with Crippen LogP contribution in [-0.2, 0) is 5.11 Å². The van der Waals surface area contributed by atoms with Gasteiger partial charge in [-0.15, -0.1) is 0 Å². The van der Waals surface area contributed by atoms with Gasteiger partial charge in [0.05, 0.1) is 12.0 Å². The Morgan fingerprint density at radius 1 is 1.23 bits per heavy atom. The molecule has 13 heavy (non-hydrogen) atoms. The topological polar surface area (TPSA) is 37.0 Å². The van der Waals surface area contributed by atoms with Crippen molar-refractivity contribution in [1.29, 1.82) is 0 Å². The number of Topliss-reactive ketones (excluding diaryl/α,β-unsaturated/α-hetero) is 1. The third-order valence-corrected chi connectivity index (χ3v) is 2.01. The fourth-order valence-electron chi connectivity index (χ4n) is 1.05. The Hall–Kier alpha value is -1.15. The normalized spacial score (nSPS) is 11.3. The average molecular weight is 177 g/mol. The quantitative estimate of drug-likeness (QED) is 0.653. The number of hydrogen-bond donors (Lipinski definition) is 0. The molecule has 0 aliphatic rings. The molecule has 0 saturated heterocycles. The first kappa shape index (κ1) is 9.93. The molecule has 0 amide bonds. The lowest BCUT2D eigenvalue weighted by Gasteiger charge is -2.18. The van der Waals surface area contributed by atoms with E-state index in [0.717, 1.165) is 0 Å². The lowest BCUT2D eigenvalue weighted by Crippen LogP contribution is -2.27. The Morgan fingerprint density at radius 2 is 1.77 bits per heavy atom. The molecule has 0 spiro atoms. The number of carbonyl (C=O) groups excluding carboxylic acids is 1. The van der Waals surface area contributed by atoms with Gasteiger partial charge in [0, 0.05) is 5.56 Å². The summed E-state index contributed by atoms with van der Waals surface area (Å²) in [6, 6.07) is 8.92. The molecular formula is C11H13O2. The predicted molar refractivity (Wildman–Crippen MR) is 50.1 cm³/mol. The van der Waals surface area contributed by atoms with Crippen LogP contribution in [0.2, 0.25) is 0 Å². The minimum atomic E-state index is -0.790. The van der Waals surface area contributed by atoms with Crippen LogP contribution < -0.4 is 0 Å². The Morgan fingerprint density at radius 3 is 2.23 bits per heavy atom. The molecule has 0 bridgehead atoms. The average Bonchev–Trinajstić information content (AvgIpc) is 2.18. The SMILES string of the molecule is CC(C)(C[O])C(=O)c1ccccc1. The molecule has 0 saturated carbocycles. The lowest BCUT2D eigenvalue weighted by atomic mass is 9.85. The van der Waals surface area contributed by atoms with Crippen LogP contribution in [0.3, 0.4) is 0 Å². The van der Waals surface area contributed by atoms with Crippen LogP contribution in [0.15, 0.2) is 30.3 Å². The van der Waals surface area contributed by atoms with Crippen molar-refractivity contribution in [1.82, 2.24) is 0 Å². The van der Waals surface area contributed by atoms with Gasteiger partial charge in [-0.3, -0.25) is 4.79 Å². The molecule has 0 aliphatic heterocycles. The van der Waals surface area contributed by atoms with Gasteiger partial charge in [-0.2, -0.15) is 0 Å². The van der Waals surface area contributed by atoms with Gasteiger partial charge in [0.2, 0.25) is 0 Å². The Labute approximate surface area is 78.2 Å². The zero-order valence-electron chi connectivity index (χ0n) is 7.91. The third kappa shape index (κ3) is 2.16. The summed E-state index contributed by atoms with van der Waals surface area (Å²) in [5.41, 5.74) is -0.176. The second-order valence-electron chi connectivity index (χ2n) is 3.72. The van der Waals surface area contributed by atoms with E-state index in [1.807, 2.05) is 6.07 Å². The summed E-state index contributed by atoms with van der Waals surface area (Å²) >= 11 is 0. The van der Waals surface area contributed by atoms with E-state index in [4.69, 9.17) is 0 Å². The standard InChI is InChI=1S/C11H13O2/c1-11(2,8-12)10(13)9-6-4-3-5-7-9/h3-7H,8H2,1-2H3. The van der Waals surface area contributed by atoms with Crippen molar-refractivity contribution in [2.24, 2.45) is 5.41 Å². The van der Waals surface area contributed by atoms with Gasteiger partial charge >= 0.3 is 0 Å². The number of benzene rings is 1. The number of carbonyl (C=O) groups is 1. The summed E-state index contributed by atoms with van der Waals surface area (Å²) in [6.07, 6.45) is 0. The van der Waals surface area contributed by atoms with Gasteiger partial charge in [-0.05, 0) is 0 Å².